The van der Waals surface area contributed by atoms with Gasteiger partial charge in [0.15, 0.2) is 11.5 Å². The molecule has 5 rings (SSSR count). The number of para-hydroxylation sites is 1. The molecule has 1 atom stereocenters. The predicted molar refractivity (Wildman–Crippen MR) is 128 cm³/mol. The number of carboxylic acids is 1. The van der Waals surface area contributed by atoms with Crippen LogP contribution in [0.15, 0.2) is 36.4 Å². The number of aromatic carboxylic acids is 1. The van der Waals surface area contributed by atoms with Gasteiger partial charge in [-0.25, -0.2) is 23.5 Å². The fraction of sp³-hybridized carbons (Fsp3) is 0.385. The Hall–Kier alpha value is -3.80. The van der Waals surface area contributed by atoms with Crippen LogP contribution in [0.2, 0.25) is 0 Å². The Kier molecular flexibility index (Phi) is 5.75. The topological polar surface area (TPSA) is 102 Å². The van der Waals surface area contributed by atoms with Gasteiger partial charge in [-0.1, -0.05) is 18.2 Å². The zero-order chi connectivity index (χ0) is 24.7. The highest BCUT2D eigenvalue weighted by atomic mass is 19.3. The molecule has 0 radical (unpaired) electrons. The fourth-order valence-electron chi connectivity index (χ4n) is 4.63. The highest BCUT2D eigenvalue weighted by Gasteiger charge is 2.35. The average molecular weight is 478 g/mol. The lowest BCUT2D eigenvalue weighted by molar-refractivity contribution is -0.0221. The van der Waals surface area contributed by atoms with Crippen molar-refractivity contribution >= 4 is 28.5 Å². The van der Waals surface area contributed by atoms with Crippen molar-refractivity contribution in [2.75, 3.05) is 23.3 Å². The van der Waals surface area contributed by atoms with Gasteiger partial charge in [-0.05, 0) is 49.4 Å². The van der Waals surface area contributed by atoms with Gasteiger partial charge in [0, 0.05) is 37.2 Å². The largest absolute Gasteiger partial charge is 0.478 e. The number of hydrogen-bond acceptors (Lipinski definition) is 6. The molecule has 1 saturated heterocycles. The first-order valence-electron chi connectivity index (χ1n) is 11.7. The first-order valence-corrected chi connectivity index (χ1v) is 11.7. The standard InChI is InChI=1S/C26H25F2N5O2/c1-15(30-20-5-3-2-4-18(20)25(34)35)19-12-17(16-6-7-16)13-21-23(19)32-24(22(14-29)31-21)33-10-8-26(27,28)9-11-33/h2-5,12-13,15-16,30H,6-11H2,1H3,(H,34,35)/t15-/m1/s1. The van der Waals surface area contributed by atoms with Gasteiger partial charge in [0.05, 0.1) is 22.6 Å². The summed E-state index contributed by atoms with van der Waals surface area (Å²) in [5.74, 6) is -3.00. The molecule has 0 amide bonds. The number of halogens is 2. The van der Waals surface area contributed by atoms with E-state index in [1.807, 2.05) is 13.0 Å². The predicted octanol–water partition coefficient (Wildman–Crippen LogP) is 5.49. The number of aromatic nitrogens is 2. The van der Waals surface area contributed by atoms with E-state index in [9.17, 15) is 23.9 Å². The van der Waals surface area contributed by atoms with Crippen molar-refractivity contribution in [3.8, 4) is 6.07 Å². The van der Waals surface area contributed by atoms with Crippen LogP contribution in [0.5, 0.6) is 0 Å². The molecule has 2 aliphatic rings. The third kappa shape index (κ3) is 4.61. The summed E-state index contributed by atoms with van der Waals surface area (Å²) in [6, 6.07) is 12.5. The molecule has 1 aliphatic carbocycles. The minimum Gasteiger partial charge on any atom is -0.478 e. The number of carboxylic acid groups (broad SMARTS) is 1. The highest BCUT2D eigenvalue weighted by molar-refractivity contribution is 5.94. The minimum atomic E-state index is -2.71. The summed E-state index contributed by atoms with van der Waals surface area (Å²) in [5, 5.41) is 22.6. The van der Waals surface area contributed by atoms with Crippen LogP contribution in [0.3, 0.4) is 0 Å². The third-order valence-electron chi connectivity index (χ3n) is 6.75. The van der Waals surface area contributed by atoms with E-state index in [1.54, 1.807) is 29.2 Å². The van der Waals surface area contributed by atoms with E-state index >= 15 is 0 Å². The van der Waals surface area contributed by atoms with Gasteiger partial charge < -0.3 is 15.3 Å². The zero-order valence-corrected chi connectivity index (χ0v) is 19.3. The fourth-order valence-corrected chi connectivity index (χ4v) is 4.63. The molecule has 0 spiro atoms. The Morgan fingerprint density at radius 2 is 1.94 bits per heavy atom. The Bertz CT molecular complexity index is 1340. The molecule has 2 aromatic carbocycles. The molecule has 0 bridgehead atoms. The number of alkyl halides is 2. The van der Waals surface area contributed by atoms with Crippen LogP contribution in [0.25, 0.3) is 11.0 Å². The molecule has 2 heterocycles. The Balaban J connectivity index is 1.59. The molecule has 2 N–H and O–H groups in total. The quantitative estimate of drug-likeness (QED) is 0.484. The van der Waals surface area contributed by atoms with Gasteiger partial charge in [0.2, 0.25) is 0 Å². The molecule has 1 aromatic heterocycles. The summed E-state index contributed by atoms with van der Waals surface area (Å²) in [6.45, 7) is 2.11. The molecular weight excluding hydrogens is 452 g/mol. The van der Waals surface area contributed by atoms with Gasteiger partial charge in [-0.3, -0.25) is 0 Å². The van der Waals surface area contributed by atoms with Crippen molar-refractivity contribution in [1.29, 1.82) is 5.26 Å². The number of nitrogens with one attached hydrogen (secondary N) is 1. The lowest BCUT2D eigenvalue weighted by atomic mass is 9.99. The first-order chi connectivity index (χ1) is 16.8. The molecule has 0 unspecified atom stereocenters. The van der Waals surface area contributed by atoms with Gasteiger partial charge in [-0.2, -0.15) is 5.26 Å². The number of nitriles is 1. The van der Waals surface area contributed by atoms with E-state index in [0.717, 1.165) is 24.0 Å². The molecule has 2 fully saturated rings. The number of anilines is 2. The third-order valence-corrected chi connectivity index (χ3v) is 6.75. The lowest BCUT2D eigenvalue weighted by Gasteiger charge is -2.33. The van der Waals surface area contributed by atoms with Crippen molar-refractivity contribution in [2.45, 2.75) is 50.5 Å². The second kappa shape index (κ2) is 8.77. The van der Waals surface area contributed by atoms with Crippen LogP contribution in [0.4, 0.5) is 20.3 Å². The maximum Gasteiger partial charge on any atom is 0.337 e. The van der Waals surface area contributed by atoms with Crippen molar-refractivity contribution < 1.29 is 18.7 Å². The Labute approximate surface area is 201 Å². The maximum atomic E-state index is 13.7. The van der Waals surface area contributed by atoms with Gasteiger partial charge >= 0.3 is 5.97 Å². The van der Waals surface area contributed by atoms with Crippen molar-refractivity contribution in [2.24, 2.45) is 0 Å². The summed E-state index contributed by atoms with van der Waals surface area (Å²) in [7, 11) is 0. The van der Waals surface area contributed by atoms with Crippen LogP contribution < -0.4 is 10.2 Å². The van der Waals surface area contributed by atoms with Gasteiger partial charge in [0.25, 0.3) is 5.92 Å². The smallest absolute Gasteiger partial charge is 0.337 e. The van der Waals surface area contributed by atoms with Crippen LogP contribution in [-0.2, 0) is 0 Å². The monoisotopic (exact) mass is 477 g/mol. The molecule has 35 heavy (non-hydrogen) atoms. The van der Waals surface area contributed by atoms with E-state index in [4.69, 9.17) is 4.98 Å². The number of hydrogen-bond donors (Lipinski definition) is 2. The van der Waals surface area contributed by atoms with E-state index < -0.39 is 11.9 Å². The van der Waals surface area contributed by atoms with Crippen LogP contribution in [0, 0.1) is 11.3 Å². The first kappa shape index (κ1) is 23.0. The summed E-state index contributed by atoms with van der Waals surface area (Å²) in [4.78, 5) is 22.8. The molecular formula is C26H25F2N5O2. The van der Waals surface area contributed by atoms with Crippen LogP contribution in [-0.4, -0.2) is 40.1 Å². The number of carbonyl (C=O) groups is 1. The SMILES string of the molecule is C[C@@H](Nc1ccccc1C(=O)O)c1cc(C2CC2)cc2nc(C#N)c(N3CCC(F)(F)CC3)nc12. The maximum absolute atomic E-state index is 13.7. The van der Waals surface area contributed by atoms with E-state index in [-0.39, 0.29) is 43.2 Å². The van der Waals surface area contributed by atoms with Crippen molar-refractivity contribution in [3.63, 3.8) is 0 Å². The number of rotatable bonds is 6. The summed E-state index contributed by atoms with van der Waals surface area (Å²) in [5.41, 5.74) is 3.85. The second-order valence-corrected chi connectivity index (χ2v) is 9.32. The van der Waals surface area contributed by atoms with Crippen molar-refractivity contribution in [1.82, 2.24) is 9.97 Å². The summed E-state index contributed by atoms with van der Waals surface area (Å²) >= 11 is 0. The zero-order valence-electron chi connectivity index (χ0n) is 19.3. The number of nitrogens with zero attached hydrogens (tertiary/aromatic N) is 4. The van der Waals surface area contributed by atoms with Gasteiger partial charge in [-0.15, -0.1) is 0 Å². The second-order valence-electron chi connectivity index (χ2n) is 9.32. The average Bonchev–Trinajstić information content (AvgIpc) is 3.68. The number of fused-ring (bicyclic) bond motifs is 1. The van der Waals surface area contributed by atoms with E-state index in [2.05, 4.69) is 22.4 Å². The van der Waals surface area contributed by atoms with E-state index in [1.165, 1.54) is 0 Å². The Morgan fingerprint density at radius 1 is 1.23 bits per heavy atom. The Morgan fingerprint density at radius 3 is 2.60 bits per heavy atom. The summed E-state index contributed by atoms with van der Waals surface area (Å²) < 4.78 is 27.5. The van der Waals surface area contributed by atoms with Crippen LogP contribution >= 0.6 is 0 Å². The molecule has 1 aliphatic heterocycles. The summed E-state index contributed by atoms with van der Waals surface area (Å²) in [6.07, 6.45) is 1.56. The minimum absolute atomic E-state index is 0.0944. The lowest BCUT2D eigenvalue weighted by Crippen LogP contribution is -2.40. The van der Waals surface area contributed by atoms with Crippen molar-refractivity contribution in [3.05, 3.63) is 58.8 Å². The van der Waals surface area contributed by atoms with Crippen LogP contribution in [0.1, 0.15) is 71.7 Å². The van der Waals surface area contributed by atoms with Gasteiger partial charge in [0.1, 0.15) is 6.07 Å². The van der Waals surface area contributed by atoms with E-state index in [0.29, 0.717) is 28.5 Å². The number of benzene rings is 2. The molecule has 7 nitrogen and oxygen atoms in total. The molecule has 1 saturated carbocycles. The normalized spacial score (nSPS) is 18.2. The molecule has 180 valence electrons. The molecule has 9 heteroatoms. The highest BCUT2D eigenvalue weighted by Crippen LogP contribution is 2.43. The molecule has 3 aromatic rings. The number of piperidine rings is 1.